The van der Waals surface area contributed by atoms with Crippen LogP contribution in [0.4, 0.5) is 5.69 Å². The Kier molecular flexibility index (Phi) is 16.3. The van der Waals surface area contributed by atoms with E-state index in [-0.39, 0.29) is 48.6 Å². The minimum absolute atomic E-state index is 0.00841. The van der Waals surface area contributed by atoms with Crippen molar-refractivity contribution in [3.8, 4) is 5.88 Å². The van der Waals surface area contributed by atoms with Gasteiger partial charge in [0.15, 0.2) is 7.05 Å². The highest BCUT2D eigenvalue weighted by Crippen LogP contribution is 2.32. The van der Waals surface area contributed by atoms with Gasteiger partial charge in [-0.2, -0.15) is 0 Å². The summed E-state index contributed by atoms with van der Waals surface area (Å²) in [5.41, 5.74) is -0.698. The number of ketones is 1. The van der Waals surface area contributed by atoms with Crippen molar-refractivity contribution in [2.75, 3.05) is 13.6 Å². The molecule has 5 amide bonds. The van der Waals surface area contributed by atoms with Crippen LogP contribution < -0.4 is 26.0 Å². The summed E-state index contributed by atoms with van der Waals surface area (Å²) in [6, 6.07) is -1.43. The fourth-order valence-electron chi connectivity index (χ4n) is 7.26. The minimum Gasteiger partial charge on any atom is -0.468 e. The molecule has 17 heteroatoms. The molecule has 3 aliphatic rings. The molecule has 2 saturated carbocycles. The maximum atomic E-state index is 14.8. The first-order chi connectivity index (χ1) is 27.7. The summed E-state index contributed by atoms with van der Waals surface area (Å²) in [7, 11) is 1.29. The number of carbonyl (C=O) groups excluding carboxylic acids is 6. The van der Waals surface area contributed by atoms with Gasteiger partial charge >= 0.3 is 5.69 Å². The highest BCUT2D eigenvalue weighted by molar-refractivity contribution is 6.38. The zero-order valence-electron chi connectivity index (χ0n) is 34.8. The number of aromatic nitrogens is 3. The SMILES string of the molecule is CC.CCCC(NC(=O)[C@H]1C[C@H](Oc2ncccc2[N+](C)=O)CN1C(=O)C(NC(=O)C(NC(=O)c1cnccn1)C1CCCCC1)C(C)(C)C)C(=O)C(=O)NC1CC1. The molecule has 58 heavy (non-hydrogen) atoms. The van der Waals surface area contributed by atoms with Gasteiger partial charge in [0.1, 0.15) is 29.9 Å². The van der Waals surface area contributed by atoms with Gasteiger partial charge in [-0.1, -0.05) is 67.2 Å². The molecule has 4 N–H and O–H groups in total. The summed E-state index contributed by atoms with van der Waals surface area (Å²) in [4.78, 5) is 108. The van der Waals surface area contributed by atoms with Gasteiger partial charge in [0.2, 0.25) is 23.5 Å². The largest absolute Gasteiger partial charge is 0.468 e. The maximum Gasteiger partial charge on any atom is 0.317 e. The second-order valence-corrected chi connectivity index (χ2v) is 16.0. The number of carbonyl (C=O) groups is 6. The fraction of sp³-hybridized carbons (Fsp3) is 0.634. The quantitative estimate of drug-likeness (QED) is 0.142. The molecule has 2 aromatic rings. The van der Waals surface area contributed by atoms with Gasteiger partial charge in [0, 0.05) is 46.8 Å². The standard InChI is InChI=1S/C39H53N9O8.C2H6/c1-6-11-26(31(49)36(53)43-24-15-16-24)44-34(51)29-20-25(56-37-28(47(5)55)14-10-17-42-37)22-48(29)38(54)32(39(2,3)4)46-35(52)30(23-12-8-7-9-13-23)45-33(50)27-21-40-18-19-41-27;1-2/h10,14,17-19,21,23-26,29-30,32H,6-9,11-13,15-16,20,22H2,1-5H3,(H3-,43,44,45,46,50,51,52,53);1-2H3/p+1/t25-,26?,29+,30?,32?;/m0./s1. The Balaban J connectivity index is 0.00000366. The third-order valence-electron chi connectivity index (χ3n) is 10.4. The molecule has 1 aliphatic heterocycles. The van der Waals surface area contributed by atoms with Crippen LogP contribution in [0.15, 0.2) is 36.9 Å². The smallest absolute Gasteiger partial charge is 0.317 e. The molecule has 0 spiro atoms. The third-order valence-corrected chi connectivity index (χ3v) is 10.4. The predicted octanol–water partition coefficient (Wildman–Crippen LogP) is 3.33. The molecule has 5 atom stereocenters. The number of nitrogens with one attached hydrogen (secondary N) is 4. The van der Waals surface area contributed by atoms with Crippen molar-refractivity contribution in [1.82, 2.24) is 41.1 Å². The molecule has 3 unspecified atom stereocenters. The molecule has 5 rings (SSSR count). The summed E-state index contributed by atoms with van der Waals surface area (Å²) >= 11 is 0. The van der Waals surface area contributed by atoms with Crippen LogP contribution in [0.2, 0.25) is 0 Å². The molecule has 0 radical (unpaired) electrons. The Morgan fingerprint density at radius 2 is 1.66 bits per heavy atom. The highest BCUT2D eigenvalue weighted by atomic mass is 16.5. The second kappa shape index (κ2) is 20.9. The lowest BCUT2D eigenvalue weighted by Gasteiger charge is -2.37. The van der Waals surface area contributed by atoms with E-state index in [4.69, 9.17) is 4.74 Å². The van der Waals surface area contributed by atoms with Crippen molar-refractivity contribution in [1.29, 1.82) is 0 Å². The van der Waals surface area contributed by atoms with Crippen molar-refractivity contribution in [2.45, 2.75) is 142 Å². The van der Waals surface area contributed by atoms with E-state index >= 15 is 0 Å². The Labute approximate surface area is 340 Å². The molecule has 3 heterocycles. The van der Waals surface area contributed by atoms with Crippen molar-refractivity contribution in [3.63, 3.8) is 0 Å². The Morgan fingerprint density at radius 1 is 0.948 bits per heavy atom. The zero-order valence-corrected chi connectivity index (χ0v) is 34.8. The first kappa shape index (κ1) is 45.4. The van der Waals surface area contributed by atoms with Crippen LogP contribution in [0.25, 0.3) is 0 Å². The number of hydrogen-bond acceptors (Lipinski definition) is 11. The van der Waals surface area contributed by atoms with E-state index < -0.39 is 71.0 Å². The predicted molar refractivity (Wildman–Crippen MR) is 214 cm³/mol. The lowest BCUT2D eigenvalue weighted by atomic mass is 9.82. The van der Waals surface area contributed by atoms with Gasteiger partial charge in [-0.25, -0.2) is 9.97 Å². The van der Waals surface area contributed by atoms with E-state index in [1.54, 1.807) is 26.8 Å². The number of rotatable bonds is 16. The molecular formula is C41H60N9O8+. The molecule has 316 valence electrons. The van der Waals surface area contributed by atoms with E-state index in [0.717, 1.165) is 32.1 Å². The summed E-state index contributed by atoms with van der Waals surface area (Å²) in [6.45, 7) is 11.0. The number of likely N-dealkylation sites (tertiary alicyclic amines) is 1. The van der Waals surface area contributed by atoms with Crippen molar-refractivity contribution in [3.05, 3.63) is 47.5 Å². The maximum absolute atomic E-state index is 14.8. The molecular weight excluding hydrogens is 747 g/mol. The fourth-order valence-corrected chi connectivity index (χ4v) is 7.26. The van der Waals surface area contributed by atoms with Crippen LogP contribution in [-0.2, 0) is 24.0 Å². The van der Waals surface area contributed by atoms with Gasteiger partial charge in [0.25, 0.3) is 17.7 Å². The molecule has 17 nitrogen and oxygen atoms in total. The Hall–Kier alpha value is -5.35. The monoisotopic (exact) mass is 806 g/mol. The summed E-state index contributed by atoms with van der Waals surface area (Å²) in [5, 5.41) is 11.2. The summed E-state index contributed by atoms with van der Waals surface area (Å²) in [5.74, 6) is -4.12. The molecule has 2 aromatic heterocycles. The van der Waals surface area contributed by atoms with Crippen molar-refractivity contribution < 1.29 is 38.3 Å². The average molecular weight is 807 g/mol. The van der Waals surface area contributed by atoms with Gasteiger partial charge in [0.05, 0.1) is 18.8 Å². The summed E-state index contributed by atoms with van der Waals surface area (Å²) < 4.78 is 6.76. The van der Waals surface area contributed by atoms with Crippen LogP contribution in [0.3, 0.4) is 0 Å². The van der Waals surface area contributed by atoms with Crippen molar-refractivity contribution >= 4 is 41.0 Å². The van der Waals surface area contributed by atoms with Gasteiger partial charge in [-0.05, 0) is 49.5 Å². The topological polar surface area (TPSA) is 222 Å². The molecule has 3 fully saturated rings. The van der Waals surface area contributed by atoms with Gasteiger partial charge in [-0.15, -0.1) is 0 Å². The van der Waals surface area contributed by atoms with E-state index in [9.17, 15) is 33.7 Å². The van der Waals surface area contributed by atoms with E-state index in [0.29, 0.717) is 24.0 Å². The Morgan fingerprint density at radius 3 is 2.26 bits per heavy atom. The normalized spacial score (nSPS) is 19.6. The third kappa shape index (κ3) is 12.1. The van der Waals surface area contributed by atoms with Crippen molar-refractivity contribution in [2.24, 2.45) is 11.3 Å². The minimum atomic E-state index is -1.18. The van der Waals surface area contributed by atoms with Gasteiger partial charge in [-0.3, -0.25) is 33.8 Å². The van der Waals surface area contributed by atoms with Crippen LogP contribution >= 0.6 is 0 Å². The van der Waals surface area contributed by atoms with E-state index in [2.05, 4.69) is 36.2 Å². The number of nitrogens with zero attached hydrogens (tertiary/aromatic N) is 5. The average Bonchev–Trinajstić information content (AvgIpc) is 3.94. The number of amides is 5. The number of nitroso groups, excluding NO2 is 1. The first-order valence-electron chi connectivity index (χ1n) is 20.5. The van der Waals surface area contributed by atoms with Gasteiger partial charge < -0.3 is 30.9 Å². The number of ether oxygens (including phenoxy) is 1. The second-order valence-electron chi connectivity index (χ2n) is 16.0. The number of Topliss-reactive ketones (excluding diaryl/α,β-unsaturated/α-hetero) is 1. The first-order valence-corrected chi connectivity index (χ1v) is 20.5. The van der Waals surface area contributed by atoms with Crippen LogP contribution in [0.5, 0.6) is 5.88 Å². The zero-order chi connectivity index (χ0) is 42.6. The lowest BCUT2D eigenvalue weighted by molar-refractivity contribution is -0.429. The summed E-state index contributed by atoms with van der Waals surface area (Å²) in [6.07, 6.45) is 11.1. The van der Waals surface area contributed by atoms with E-state index in [1.165, 1.54) is 42.8 Å². The molecule has 2 aliphatic carbocycles. The van der Waals surface area contributed by atoms with E-state index in [1.807, 2.05) is 20.8 Å². The van der Waals surface area contributed by atoms with Crippen LogP contribution in [0.1, 0.15) is 116 Å². The Bertz CT molecular complexity index is 1780. The number of pyridine rings is 1. The van der Waals surface area contributed by atoms with Crippen LogP contribution in [-0.4, -0.2) is 110 Å². The lowest BCUT2D eigenvalue weighted by Crippen LogP contribution is -2.62. The number of hydrogen-bond donors (Lipinski definition) is 4. The van der Waals surface area contributed by atoms with Crippen LogP contribution in [0, 0.1) is 16.2 Å². The molecule has 0 bridgehead atoms. The highest BCUT2D eigenvalue weighted by Gasteiger charge is 2.48. The molecule has 0 aromatic carbocycles. The molecule has 1 saturated heterocycles.